The largest absolute Gasteiger partial charge is 0.375 e. The number of rotatable bonds is 4. The van der Waals surface area contributed by atoms with Gasteiger partial charge in [-0.25, -0.2) is 0 Å². The molecule has 0 saturated carbocycles. The van der Waals surface area contributed by atoms with Crippen LogP contribution in [-0.4, -0.2) is 17.7 Å². The molecule has 0 atom stereocenters. The number of para-hydroxylation sites is 1. The van der Waals surface area contributed by atoms with Crippen LogP contribution in [0.25, 0.3) is 17.0 Å². The van der Waals surface area contributed by atoms with E-state index in [4.69, 9.17) is 4.74 Å². The molecule has 2 heteroatoms. The fraction of sp³-hybridized carbons (Fsp3) is 0.267. The molecule has 17 heavy (non-hydrogen) atoms. The predicted octanol–water partition coefficient (Wildman–Crippen LogP) is 3.67. The van der Waals surface area contributed by atoms with Crippen LogP contribution < -0.4 is 0 Å². The van der Waals surface area contributed by atoms with Gasteiger partial charge in [-0.3, -0.25) is 4.98 Å². The normalized spacial score (nSPS) is 11.7. The Morgan fingerprint density at radius 2 is 2.12 bits per heavy atom. The Bertz CT molecular complexity index is 517. The highest BCUT2D eigenvalue weighted by Gasteiger charge is 1.94. The van der Waals surface area contributed by atoms with E-state index in [0.29, 0.717) is 6.61 Å². The molecule has 1 heterocycles. The Morgan fingerprint density at radius 1 is 1.29 bits per heavy atom. The molecule has 0 spiro atoms. The van der Waals surface area contributed by atoms with Crippen molar-refractivity contribution in [2.75, 3.05) is 6.61 Å². The highest BCUT2D eigenvalue weighted by atomic mass is 16.5. The minimum absolute atomic E-state index is 0.273. The molecule has 0 fully saturated rings. The van der Waals surface area contributed by atoms with Crippen molar-refractivity contribution in [1.82, 2.24) is 4.98 Å². The lowest BCUT2D eigenvalue weighted by molar-refractivity contribution is 0.103. The maximum Gasteiger partial charge on any atom is 0.0702 e. The first-order chi connectivity index (χ1) is 8.25. The third-order valence-corrected chi connectivity index (χ3v) is 2.45. The van der Waals surface area contributed by atoms with Crippen molar-refractivity contribution in [3.05, 3.63) is 48.2 Å². The number of ether oxygens (including phenoxy) is 1. The van der Waals surface area contributed by atoms with Crippen molar-refractivity contribution in [1.29, 1.82) is 0 Å². The summed E-state index contributed by atoms with van der Waals surface area (Å²) in [5.41, 5.74) is 2.14. The maximum atomic E-state index is 5.44. The van der Waals surface area contributed by atoms with E-state index < -0.39 is 0 Å². The van der Waals surface area contributed by atoms with Crippen LogP contribution in [0.4, 0.5) is 0 Å². The molecule has 1 aromatic heterocycles. The Morgan fingerprint density at radius 3 is 2.94 bits per heavy atom. The average molecular weight is 227 g/mol. The van der Waals surface area contributed by atoms with Crippen molar-refractivity contribution in [2.45, 2.75) is 20.0 Å². The number of hydrogen-bond acceptors (Lipinski definition) is 2. The molecule has 0 aliphatic rings. The summed E-state index contributed by atoms with van der Waals surface area (Å²) in [6.45, 7) is 4.71. The summed E-state index contributed by atoms with van der Waals surface area (Å²) in [6.07, 6.45) is 6.22. The van der Waals surface area contributed by atoms with Gasteiger partial charge in [0.2, 0.25) is 0 Å². The molecule has 0 aliphatic carbocycles. The Hall–Kier alpha value is -1.67. The van der Waals surface area contributed by atoms with E-state index in [-0.39, 0.29) is 6.10 Å². The fourth-order valence-electron chi connectivity index (χ4n) is 1.61. The average Bonchev–Trinajstić information content (AvgIpc) is 2.34. The summed E-state index contributed by atoms with van der Waals surface area (Å²) in [5, 5.41) is 1.17. The summed E-state index contributed by atoms with van der Waals surface area (Å²) in [4.78, 5) is 4.40. The standard InChI is InChI=1S/C15H17NO/c1-12(2)17-9-5-6-13-10-14-7-3-4-8-15(14)16-11-13/h3-8,10-12H,9H2,1-2H3/b6-5+. The molecule has 0 saturated heterocycles. The summed E-state index contributed by atoms with van der Waals surface area (Å²) in [7, 11) is 0. The molecular weight excluding hydrogens is 210 g/mol. The molecule has 0 unspecified atom stereocenters. The van der Waals surface area contributed by atoms with Crippen LogP contribution in [-0.2, 0) is 4.74 Å². The van der Waals surface area contributed by atoms with Crippen LogP contribution in [0.1, 0.15) is 19.4 Å². The summed E-state index contributed by atoms with van der Waals surface area (Å²) in [6, 6.07) is 10.3. The fourth-order valence-corrected chi connectivity index (χ4v) is 1.61. The van der Waals surface area contributed by atoms with E-state index in [1.165, 1.54) is 5.39 Å². The molecule has 2 aromatic rings. The molecule has 88 valence electrons. The number of hydrogen-bond donors (Lipinski definition) is 0. The number of benzene rings is 1. The van der Waals surface area contributed by atoms with Gasteiger partial charge in [0.15, 0.2) is 0 Å². The summed E-state index contributed by atoms with van der Waals surface area (Å²) in [5.74, 6) is 0. The van der Waals surface area contributed by atoms with Gasteiger partial charge < -0.3 is 4.74 Å². The summed E-state index contributed by atoms with van der Waals surface area (Å²) >= 11 is 0. The van der Waals surface area contributed by atoms with Crippen molar-refractivity contribution in [2.24, 2.45) is 0 Å². The first-order valence-corrected chi connectivity index (χ1v) is 5.88. The molecule has 2 rings (SSSR count). The second-order valence-corrected chi connectivity index (χ2v) is 4.25. The van der Waals surface area contributed by atoms with Crippen LogP contribution in [0.3, 0.4) is 0 Å². The molecule has 0 radical (unpaired) electrons. The van der Waals surface area contributed by atoms with E-state index in [1.807, 2.05) is 50.4 Å². The first kappa shape index (κ1) is 11.8. The zero-order valence-electron chi connectivity index (χ0n) is 10.3. The van der Waals surface area contributed by atoms with Crippen LogP contribution in [0.2, 0.25) is 0 Å². The highest BCUT2D eigenvalue weighted by Crippen LogP contribution is 2.13. The molecular formula is C15H17NO. The van der Waals surface area contributed by atoms with Gasteiger partial charge >= 0.3 is 0 Å². The minimum atomic E-state index is 0.273. The van der Waals surface area contributed by atoms with Crippen LogP contribution in [0.5, 0.6) is 0 Å². The number of pyridine rings is 1. The lowest BCUT2D eigenvalue weighted by atomic mass is 10.1. The van der Waals surface area contributed by atoms with Crippen LogP contribution in [0, 0.1) is 0 Å². The second-order valence-electron chi connectivity index (χ2n) is 4.25. The van der Waals surface area contributed by atoms with Crippen molar-refractivity contribution in [3.63, 3.8) is 0 Å². The zero-order valence-corrected chi connectivity index (χ0v) is 10.3. The van der Waals surface area contributed by atoms with E-state index in [9.17, 15) is 0 Å². The van der Waals surface area contributed by atoms with Gasteiger partial charge in [0.25, 0.3) is 0 Å². The molecule has 0 amide bonds. The van der Waals surface area contributed by atoms with Crippen LogP contribution in [0.15, 0.2) is 42.6 Å². The summed E-state index contributed by atoms with van der Waals surface area (Å²) < 4.78 is 5.44. The van der Waals surface area contributed by atoms with Gasteiger partial charge in [0.1, 0.15) is 0 Å². The van der Waals surface area contributed by atoms with Gasteiger partial charge in [-0.15, -0.1) is 0 Å². The van der Waals surface area contributed by atoms with E-state index >= 15 is 0 Å². The molecule has 0 aliphatic heterocycles. The number of nitrogens with zero attached hydrogens (tertiary/aromatic N) is 1. The van der Waals surface area contributed by atoms with Gasteiger partial charge in [-0.2, -0.15) is 0 Å². The second kappa shape index (κ2) is 5.60. The van der Waals surface area contributed by atoms with E-state index in [2.05, 4.69) is 17.1 Å². The third kappa shape index (κ3) is 3.40. The van der Waals surface area contributed by atoms with Gasteiger partial charge in [-0.05, 0) is 31.5 Å². The molecule has 0 bridgehead atoms. The maximum absolute atomic E-state index is 5.44. The number of aromatic nitrogens is 1. The monoisotopic (exact) mass is 227 g/mol. The lowest BCUT2D eigenvalue weighted by Crippen LogP contribution is -2.01. The van der Waals surface area contributed by atoms with E-state index in [1.54, 1.807) is 0 Å². The van der Waals surface area contributed by atoms with Crippen LogP contribution >= 0.6 is 0 Å². The third-order valence-electron chi connectivity index (χ3n) is 2.45. The smallest absolute Gasteiger partial charge is 0.0702 e. The minimum Gasteiger partial charge on any atom is -0.375 e. The highest BCUT2D eigenvalue weighted by molar-refractivity contribution is 5.80. The van der Waals surface area contributed by atoms with Gasteiger partial charge in [0.05, 0.1) is 18.2 Å². The zero-order chi connectivity index (χ0) is 12.1. The van der Waals surface area contributed by atoms with Crippen molar-refractivity contribution in [3.8, 4) is 0 Å². The van der Waals surface area contributed by atoms with Crippen molar-refractivity contribution >= 4 is 17.0 Å². The molecule has 2 nitrogen and oxygen atoms in total. The molecule has 0 N–H and O–H groups in total. The SMILES string of the molecule is CC(C)OC/C=C/c1cnc2ccccc2c1. The predicted molar refractivity (Wildman–Crippen MR) is 71.9 cm³/mol. The van der Waals surface area contributed by atoms with E-state index in [0.717, 1.165) is 11.1 Å². The Kier molecular flexibility index (Phi) is 3.89. The van der Waals surface area contributed by atoms with Gasteiger partial charge in [0, 0.05) is 11.6 Å². The van der Waals surface area contributed by atoms with Crippen molar-refractivity contribution < 1.29 is 4.74 Å². The number of fused-ring (bicyclic) bond motifs is 1. The first-order valence-electron chi connectivity index (χ1n) is 5.88. The molecule has 1 aromatic carbocycles. The Labute approximate surface area is 102 Å². The Balaban J connectivity index is 2.09. The quantitative estimate of drug-likeness (QED) is 0.795. The van der Waals surface area contributed by atoms with Gasteiger partial charge in [-0.1, -0.05) is 30.4 Å². The topological polar surface area (TPSA) is 22.1 Å². The lowest BCUT2D eigenvalue weighted by Gasteiger charge is -2.03.